The lowest BCUT2D eigenvalue weighted by molar-refractivity contribution is -0.207. The molecule has 0 aromatic rings. The molecule has 0 radical (unpaired) electrons. The second kappa shape index (κ2) is 10.6. The standard InChI is InChI=1S/C27H40O9/c1-8-9-22(30)35-19-11-10-14(2)12-21-27(36-21,16(4)25(32)33-7)24(31)23-15(3)18(29)13-20(26(19,23)6)34-17(5)28/h12,15-16,18-21,23,29H,8-11,13H2,1-7H3/b14-12-/t15?,16?,18?,19-,20?,21-,23?,26+,27?/m1/s1. The van der Waals surface area contributed by atoms with Crippen molar-refractivity contribution in [2.24, 2.45) is 23.2 Å². The Bertz CT molecular complexity index is 926. The summed E-state index contributed by atoms with van der Waals surface area (Å²) in [7, 11) is 1.26. The highest BCUT2D eigenvalue weighted by Crippen LogP contribution is 2.57. The van der Waals surface area contributed by atoms with Gasteiger partial charge in [-0.1, -0.05) is 32.4 Å². The second-order valence-corrected chi connectivity index (χ2v) is 10.8. The molecule has 0 spiro atoms. The fraction of sp³-hybridized carbons (Fsp3) is 0.778. The van der Waals surface area contributed by atoms with Crippen LogP contribution in [0, 0.1) is 23.2 Å². The third-order valence-electron chi connectivity index (χ3n) is 8.47. The van der Waals surface area contributed by atoms with Gasteiger partial charge in [0, 0.05) is 25.7 Å². The molecule has 1 heterocycles. The predicted molar refractivity (Wildman–Crippen MR) is 129 cm³/mol. The molecule has 9 atom stereocenters. The Morgan fingerprint density at radius 3 is 2.50 bits per heavy atom. The Morgan fingerprint density at radius 1 is 1.25 bits per heavy atom. The highest BCUT2D eigenvalue weighted by molar-refractivity contribution is 5.98. The minimum absolute atomic E-state index is 0.0987. The van der Waals surface area contributed by atoms with E-state index in [1.54, 1.807) is 20.8 Å². The number of ether oxygens (including phenoxy) is 4. The monoisotopic (exact) mass is 508 g/mol. The van der Waals surface area contributed by atoms with Gasteiger partial charge >= 0.3 is 17.9 Å². The van der Waals surface area contributed by atoms with Gasteiger partial charge in [-0.05, 0) is 39.0 Å². The molecule has 202 valence electrons. The van der Waals surface area contributed by atoms with E-state index in [9.17, 15) is 24.3 Å². The van der Waals surface area contributed by atoms with Crippen LogP contribution in [0.4, 0.5) is 0 Å². The first-order chi connectivity index (χ1) is 16.8. The zero-order chi connectivity index (χ0) is 27.0. The zero-order valence-corrected chi connectivity index (χ0v) is 22.4. The van der Waals surface area contributed by atoms with Crippen molar-refractivity contribution < 1.29 is 43.2 Å². The van der Waals surface area contributed by atoms with Crippen molar-refractivity contribution in [3.63, 3.8) is 0 Å². The Hall–Kier alpha value is -2.26. The number of epoxide rings is 1. The number of allylic oxidation sites excluding steroid dienone is 1. The van der Waals surface area contributed by atoms with Crippen molar-refractivity contribution in [1.29, 1.82) is 0 Å². The van der Waals surface area contributed by atoms with Crippen LogP contribution >= 0.6 is 0 Å². The first-order valence-electron chi connectivity index (χ1n) is 12.9. The Morgan fingerprint density at radius 2 is 1.92 bits per heavy atom. The SMILES string of the molecule is CCCC(=O)O[C@@H]1CC/C(C)=C\[C@H]2OC2(C(C)C(=O)OC)C(=O)C2C(C)C(O)CC(OC(C)=O)[C@@]21C. The Labute approximate surface area is 212 Å². The van der Waals surface area contributed by atoms with Crippen LogP contribution in [0.25, 0.3) is 0 Å². The van der Waals surface area contributed by atoms with Gasteiger partial charge in [-0.2, -0.15) is 0 Å². The number of aliphatic hydroxyl groups is 1. The minimum Gasteiger partial charge on any atom is -0.469 e. The summed E-state index contributed by atoms with van der Waals surface area (Å²) >= 11 is 0. The van der Waals surface area contributed by atoms with E-state index in [2.05, 4.69) is 0 Å². The molecular weight excluding hydrogens is 468 g/mol. The summed E-state index contributed by atoms with van der Waals surface area (Å²) < 4.78 is 22.7. The molecule has 0 aromatic heterocycles. The maximum Gasteiger partial charge on any atom is 0.311 e. The molecule has 0 bridgehead atoms. The maximum atomic E-state index is 14.5. The molecule has 9 heteroatoms. The van der Waals surface area contributed by atoms with E-state index in [-0.39, 0.29) is 18.6 Å². The van der Waals surface area contributed by atoms with E-state index in [4.69, 9.17) is 18.9 Å². The lowest BCUT2D eigenvalue weighted by Crippen LogP contribution is -2.64. The van der Waals surface area contributed by atoms with Crippen molar-refractivity contribution >= 4 is 23.7 Å². The molecule has 36 heavy (non-hydrogen) atoms. The fourth-order valence-corrected chi connectivity index (χ4v) is 6.29. The molecule has 1 aliphatic heterocycles. The number of rotatable bonds is 6. The Kier molecular flexibility index (Phi) is 8.35. The number of hydrogen-bond donors (Lipinski definition) is 1. The third kappa shape index (κ3) is 4.84. The van der Waals surface area contributed by atoms with Gasteiger partial charge in [0.1, 0.15) is 18.3 Å². The average Bonchev–Trinajstić information content (AvgIpc) is 3.53. The van der Waals surface area contributed by atoms with Gasteiger partial charge in [0.15, 0.2) is 11.4 Å². The summed E-state index contributed by atoms with van der Waals surface area (Å²) in [5, 5.41) is 11.0. The molecule has 3 rings (SSSR count). The molecule has 1 saturated carbocycles. The van der Waals surface area contributed by atoms with Crippen LogP contribution in [0.3, 0.4) is 0 Å². The highest BCUT2D eigenvalue weighted by Gasteiger charge is 2.72. The van der Waals surface area contributed by atoms with Crippen molar-refractivity contribution in [1.82, 2.24) is 0 Å². The van der Waals surface area contributed by atoms with Gasteiger partial charge in [-0.15, -0.1) is 0 Å². The summed E-state index contributed by atoms with van der Waals surface area (Å²) in [6.07, 6.45) is 0.478. The number of esters is 3. The van der Waals surface area contributed by atoms with Gasteiger partial charge in [0.2, 0.25) is 0 Å². The molecule has 6 unspecified atom stereocenters. The first-order valence-corrected chi connectivity index (χ1v) is 12.9. The van der Waals surface area contributed by atoms with Crippen LogP contribution in [0.2, 0.25) is 0 Å². The lowest BCUT2D eigenvalue weighted by Gasteiger charge is -2.54. The summed E-state index contributed by atoms with van der Waals surface area (Å²) in [6, 6.07) is 0. The number of Topliss-reactive ketones (excluding diaryl/α,β-unsaturated/α-hetero) is 1. The molecule has 3 aliphatic rings. The van der Waals surface area contributed by atoms with Gasteiger partial charge in [-0.3, -0.25) is 19.2 Å². The van der Waals surface area contributed by atoms with Crippen molar-refractivity contribution in [2.45, 2.75) is 104 Å². The number of carbonyl (C=O) groups excluding carboxylic acids is 4. The summed E-state index contributed by atoms with van der Waals surface area (Å²) in [5.41, 5.74) is -1.72. The molecule has 2 aliphatic carbocycles. The van der Waals surface area contributed by atoms with Crippen LogP contribution in [0.1, 0.15) is 73.6 Å². The van der Waals surface area contributed by atoms with Crippen LogP contribution in [0.15, 0.2) is 11.6 Å². The number of hydrogen-bond acceptors (Lipinski definition) is 9. The third-order valence-corrected chi connectivity index (χ3v) is 8.47. The number of ketones is 1. The summed E-state index contributed by atoms with van der Waals surface area (Å²) in [4.78, 5) is 52.0. The largest absolute Gasteiger partial charge is 0.469 e. The normalized spacial score (nSPS) is 40.4. The molecule has 2 fully saturated rings. The average molecular weight is 509 g/mol. The molecular formula is C27H40O9. The molecule has 1 N–H and O–H groups in total. The smallest absolute Gasteiger partial charge is 0.311 e. The zero-order valence-electron chi connectivity index (χ0n) is 22.4. The van der Waals surface area contributed by atoms with Gasteiger partial charge in [0.25, 0.3) is 0 Å². The van der Waals surface area contributed by atoms with Crippen LogP contribution in [-0.4, -0.2) is 65.9 Å². The minimum atomic E-state index is -1.48. The van der Waals surface area contributed by atoms with Crippen LogP contribution < -0.4 is 0 Å². The predicted octanol–water partition coefficient (Wildman–Crippen LogP) is 2.91. The number of carbonyl (C=O) groups is 4. The highest BCUT2D eigenvalue weighted by atomic mass is 16.6. The first kappa shape index (κ1) is 28.3. The quantitative estimate of drug-likeness (QED) is 0.249. The number of fused-ring (bicyclic) bond motifs is 2. The number of methoxy groups -OCH3 is 1. The molecule has 0 amide bonds. The van der Waals surface area contributed by atoms with E-state index < -0.39 is 71.1 Å². The molecule has 0 aromatic carbocycles. The van der Waals surface area contributed by atoms with Crippen LogP contribution in [0.5, 0.6) is 0 Å². The van der Waals surface area contributed by atoms with Crippen molar-refractivity contribution in [3.8, 4) is 0 Å². The fourth-order valence-electron chi connectivity index (χ4n) is 6.29. The summed E-state index contributed by atoms with van der Waals surface area (Å²) in [6.45, 7) is 10.2. The molecule has 9 nitrogen and oxygen atoms in total. The van der Waals surface area contributed by atoms with E-state index in [0.717, 1.165) is 5.57 Å². The molecule has 1 saturated heterocycles. The van der Waals surface area contributed by atoms with Crippen molar-refractivity contribution in [3.05, 3.63) is 11.6 Å². The second-order valence-electron chi connectivity index (χ2n) is 10.8. The Balaban J connectivity index is 2.22. The maximum absolute atomic E-state index is 14.5. The van der Waals surface area contributed by atoms with E-state index in [1.807, 2.05) is 19.9 Å². The van der Waals surface area contributed by atoms with E-state index in [1.165, 1.54) is 14.0 Å². The topological polar surface area (TPSA) is 129 Å². The summed E-state index contributed by atoms with van der Waals surface area (Å²) in [5.74, 6) is -4.31. The lowest BCUT2D eigenvalue weighted by atomic mass is 9.54. The number of aliphatic hydroxyl groups excluding tert-OH is 1. The van der Waals surface area contributed by atoms with Crippen LogP contribution in [-0.2, 0) is 38.1 Å². The van der Waals surface area contributed by atoms with Gasteiger partial charge in [0.05, 0.1) is 24.5 Å². The van der Waals surface area contributed by atoms with E-state index >= 15 is 0 Å². The van der Waals surface area contributed by atoms with Gasteiger partial charge < -0.3 is 24.1 Å². The van der Waals surface area contributed by atoms with Crippen molar-refractivity contribution in [2.75, 3.05) is 7.11 Å². The van der Waals surface area contributed by atoms with E-state index in [0.29, 0.717) is 19.3 Å². The van der Waals surface area contributed by atoms with Gasteiger partial charge in [-0.25, -0.2) is 0 Å².